The molecule has 5 aliphatic rings. The van der Waals surface area contributed by atoms with Crippen LogP contribution in [0.1, 0.15) is 51.0 Å². The first-order valence-electron chi connectivity index (χ1n) is 10.2. The number of nitrogens with zero attached hydrogens (tertiary/aromatic N) is 1. The highest BCUT2D eigenvalue weighted by atomic mass is 16.5. The van der Waals surface area contributed by atoms with Crippen molar-refractivity contribution in [1.29, 1.82) is 0 Å². The zero-order valence-corrected chi connectivity index (χ0v) is 16.2. The molecule has 0 spiro atoms. The van der Waals surface area contributed by atoms with E-state index in [4.69, 9.17) is 4.74 Å². The summed E-state index contributed by atoms with van der Waals surface area (Å²) in [4.78, 5) is 27.7. The van der Waals surface area contributed by atoms with E-state index in [1.807, 2.05) is 17.0 Å². The zero-order chi connectivity index (χ0) is 18.8. The van der Waals surface area contributed by atoms with E-state index in [2.05, 4.69) is 11.4 Å². The van der Waals surface area contributed by atoms with Gasteiger partial charge in [-0.05, 0) is 80.5 Å². The van der Waals surface area contributed by atoms with Crippen molar-refractivity contribution in [3.05, 3.63) is 23.8 Å². The number of hydrogen-bond acceptors (Lipinski definition) is 3. The highest BCUT2D eigenvalue weighted by Gasteiger charge is 2.61. The first-order valence-corrected chi connectivity index (χ1v) is 10.2. The Morgan fingerprint density at radius 2 is 1.93 bits per heavy atom. The number of methoxy groups -OCH3 is 1. The van der Waals surface area contributed by atoms with E-state index in [1.165, 1.54) is 12.0 Å². The fourth-order valence-electron chi connectivity index (χ4n) is 7.03. The lowest BCUT2D eigenvalue weighted by Crippen LogP contribution is -2.66. The number of ether oxygens (including phenoxy) is 1. The lowest BCUT2D eigenvalue weighted by atomic mass is 9.46. The van der Waals surface area contributed by atoms with E-state index >= 15 is 0 Å². The van der Waals surface area contributed by atoms with Gasteiger partial charge in [0.05, 0.1) is 12.5 Å². The third-order valence-electron chi connectivity index (χ3n) is 7.38. The molecule has 1 aromatic carbocycles. The maximum Gasteiger partial charge on any atom is 0.233 e. The molecule has 1 N–H and O–H groups in total. The fourth-order valence-corrected chi connectivity index (χ4v) is 7.03. The van der Waals surface area contributed by atoms with E-state index < -0.39 is 0 Å². The van der Waals surface area contributed by atoms with Crippen LogP contribution in [0.5, 0.6) is 5.75 Å². The largest absolute Gasteiger partial charge is 0.497 e. The van der Waals surface area contributed by atoms with E-state index in [1.54, 1.807) is 14.0 Å². The van der Waals surface area contributed by atoms with Gasteiger partial charge in [-0.1, -0.05) is 0 Å². The number of fused-ring (bicyclic) bond motifs is 1. The molecule has 2 atom stereocenters. The Morgan fingerprint density at radius 1 is 1.19 bits per heavy atom. The summed E-state index contributed by atoms with van der Waals surface area (Å²) in [5.41, 5.74) is 1.79. The molecule has 4 fully saturated rings. The van der Waals surface area contributed by atoms with Crippen LogP contribution in [0.15, 0.2) is 18.2 Å². The Kier molecular flexibility index (Phi) is 3.62. The summed E-state index contributed by atoms with van der Waals surface area (Å²) in [7, 11) is 1.68. The molecule has 5 heteroatoms. The van der Waals surface area contributed by atoms with Crippen molar-refractivity contribution in [2.75, 3.05) is 18.6 Å². The molecule has 4 saturated carbocycles. The number of nitrogens with one attached hydrogen (secondary N) is 1. The topological polar surface area (TPSA) is 58.6 Å². The predicted octanol–water partition coefficient (Wildman–Crippen LogP) is 3.06. The van der Waals surface area contributed by atoms with E-state index in [9.17, 15) is 9.59 Å². The minimum Gasteiger partial charge on any atom is -0.497 e. The Labute approximate surface area is 160 Å². The third kappa shape index (κ3) is 2.58. The number of benzene rings is 1. The van der Waals surface area contributed by atoms with Gasteiger partial charge < -0.3 is 15.0 Å². The predicted molar refractivity (Wildman–Crippen MR) is 103 cm³/mol. The minimum absolute atomic E-state index is 0.0400. The molecular weight excluding hydrogens is 340 g/mol. The monoisotopic (exact) mass is 368 g/mol. The van der Waals surface area contributed by atoms with Crippen LogP contribution in [0.2, 0.25) is 0 Å². The summed E-state index contributed by atoms with van der Waals surface area (Å²) < 4.78 is 5.34. The molecule has 27 heavy (non-hydrogen) atoms. The average Bonchev–Trinajstić information content (AvgIpc) is 3.01. The fraction of sp³-hybridized carbons (Fsp3) is 0.636. The second kappa shape index (κ2) is 5.73. The van der Waals surface area contributed by atoms with Gasteiger partial charge in [-0.3, -0.25) is 9.59 Å². The van der Waals surface area contributed by atoms with E-state index in [0.717, 1.165) is 56.5 Å². The molecule has 0 radical (unpaired) electrons. The Balaban J connectivity index is 1.47. The van der Waals surface area contributed by atoms with Gasteiger partial charge in [0.15, 0.2) is 0 Å². The van der Waals surface area contributed by atoms with Gasteiger partial charge >= 0.3 is 0 Å². The first kappa shape index (κ1) is 17.1. The number of hydrogen-bond donors (Lipinski definition) is 1. The lowest BCUT2D eigenvalue weighted by molar-refractivity contribution is -0.150. The summed E-state index contributed by atoms with van der Waals surface area (Å²) in [6.45, 7) is 2.36. The molecule has 6 rings (SSSR count). The smallest absolute Gasteiger partial charge is 0.233 e. The van der Waals surface area contributed by atoms with Crippen LogP contribution in [0.4, 0.5) is 5.69 Å². The highest BCUT2D eigenvalue weighted by molar-refractivity contribution is 6.00. The summed E-state index contributed by atoms with van der Waals surface area (Å²) in [6.07, 6.45) is 7.00. The van der Waals surface area contributed by atoms with Gasteiger partial charge in [0.1, 0.15) is 5.75 Å². The summed E-state index contributed by atoms with van der Waals surface area (Å²) >= 11 is 0. The van der Waals surface area contributed by atoms with Crippen molar-refractivity contribution in [1.82, 2.24) is 5.32 Å². The molecule has 0 aromatic heterocycles. The summed E-state index contributed by atoms with van der Waals surface area (Å²) in [6, 6.07) is 6.03. The molecule has 4 aliphatic carbocycles. The van der Waals surface area contributed by atoms with Crippen LogP contribution >= 0.6 is 0 Å². The van der Waals surface area contributed by atoms with Crippen LogP contribution in [0.3, 0.4) is 0 Å². The lowest BCUT2D eigenvalue weighted by Gasteiger charge is -2.61. The molecule has 1 aliphatic heterocycles. The van der Waals surface area contributed by atoms with Crippen LogP contribution in [0, 0.1) is 17.3 Å². The van der Waals surface area contributed by atoms with Crippen molar-refractivity contribution in [3.63, 3.8) is 0 Å². The van der Waals surface area contributed by atoms with Crippen molar-refractivity contribution >= 4 is 17.5 Å². The maximum atomic E-state index is 13.8. The molecule has 5 nitrogen and oxygen atoms in total. The molecule has 0 saturated heterocycles. The molecular formula is C22H28N2O3. The third-order valence-corrected chi connectivity index (χ3v) is 7.38. The van der Waals surface area contributed by atoms with Crippen molar-refractivity contribution in [2.24, 2.45) is 17.3 Å². The second-order valence-corrected chi connectivity index (χ2v) is 9.40. The van der Waals surface area contributed by atoms with Crippen LogP contribution in [-0.2, 0) is 16.0 Å². The zero-order valence-electron chi connectivity index (χ0n) is 16.2. The molecule has 4 bridgehead atoms. The Morgan fingerprint density at radius 3 is 2.59 bits per heavy atom. The van der Waals surface area contributed by atoms with Gasteiger partial charge in [0.25, 0.3) is 0 Å². The Hall–Kier alpha value is -2.04. The molecule has 1 aromatic rings. The number of carbonyl (C=O) groups excluding carboxylic acids is 2. The van der Waals surface area contributed by atoms with Crippen LogP contribution in [0.25, 0.3) is 0 Å². The number of rotatable bonds is 3. The summed E-state index contributed by atoms with van der Waals surface area (Å²) in [5.74, 6) is 2.32. The van der Waals surface area contributed by atoms with E-state index in [0.29, 0.717) is 11.8 Å². The number of anilines is 1. The molecule has 2 amide bonds. The molecule has 1 heterocycles. The van der Waals surface area contributed by atoms with Crippen molar-refractivity contribution in [2.45, 2.75) is 57.4 Å². The van der Waals surface area contributed by atoms with Crippen molar-refractivity contribution < 1.29 is 14.3 Å². The molecule has 0 unspecified atom stereocenters. The maximum absolute atomic E-state index is 13.8. The average molecular weight is 368 g/mol. The van der Waals surface area contributed by atoms with Gasteiger partial charge in [0.2, 0.25) is 11.8 Å². The van der Waals surface area contributed by atoms with Gasteiger partial charge in [-0.2, -0.15) is 0 Å². The minimum atomic E-state index is -0.298. The SMILES string of the molecule is COc1ccc2c(c1)CCN2C(=O)C12C[C@H]3C[C@@H](CC(NC(C)=O)(C3)C1)C2. The van der Waals surface area contributed by atoms with Crippen LogP contribution < -0.4 is 15.0 Å². The van der Waals surface area contributed by atoms with Gasteiger partial charge in [-0.15, -0.1) is 0 Å². The standard InChI is InChI=1S/C22H28N2O3/c1-14(25)23-22-11-15-7-16(12-22)10-21(9-15,13-22)20(26)24-6-5-17-8-18(27-2)3-4-19(17)24/h3-4,8,15-16H,5-7,9-13H2,1-2H3,(H,23,25)/t15-,16-,21?,22?/m1/s1. The quantitative estimate of drug-likeness (QED) is 0.892. The first-order chi connectivity index (χ1) is 12.9. The Bertz CT molecular complexity index is 804. The van der Waals surface area contributed by atoms with Crippen LogP contribution in [-0.4, -0.2) is 31.0 Å². The normalized spacial score (nSPS) is 35.9. The van der Waals surface area contributed by atoms with Gasteiger partial charge in [0, 0.05) is 24.7 Å². The van der Waals surface area contributed by atoms with Crippen molar-refractivity contribution in [3.8, 4) is 5.75 Å². The second-order valence-electron chi connectivity index (χ2n) is 9.40. The highest BCUT2D eigenvalue weighted by Crippen LogP contribution is 2.62. The molecule has 144 valence electrons. The van der Waals surface area contributed by atoms with E-state index in [-0.39, 0.29) is 22.8 Å². The number of amides is 2. The summed E-state index contributed by atoms with van der Waals surface area (Å²) in [5, 5.41) is 3.27. The van der Waals surface area contributed by atoms with Gasteiger partial charge in [-0.25, -0.2) is 0 Å². The number of carbonyl (C=O) groups is 2.